The number of rotatable bonds is 4. The first-order valence-electron chi connectivity index (χ1n) is 7.27. The van der Waals surface area contributed by atoms with Crippen molar-refractivity contribution in [1.82, 2.24) is 0 Å². The molecule has 0 aliphatic heterocycles. The van der Waals surface area contributed by atoms with Gasteiger partial charge in [0, 0.05) is 11.1 Å². The highest BCUT2D eigenvalue weighted by atomic mass is 16.5. The van der Waals surface area contributed by atoms with Gasteiger partial charge in [-0.3, -0.25) is 0 Å². The summed E-state index contributed by atoms with van der Waals surface area (Å²) in [7, 11) is 0. The lowest BCUT2D eigenvalue weighted by atomic mass is 10.1. The molecule has 0 heterocycles. The Morgan fingerprint density at radius 1 is 0.905 bits per heavy atom. The minimum atomic E-state index is 0.602. The quantitative estimate of drug-likeness (QED) is 0.585. The maximum atomic E-state index is 5.55. The molecular weight excluding hydrogens is 256 g/mol. The highest BCUT2D eigenvalue weighted by Crippen LogP contribution is 2.12. The maximum absolute atomic E-state index is 5.55. The van der Waals surface area contributed by atoms with Crippen molar-refractivity contribution in [3.05, 3.63) is 77.4 Å². The number of aryl methyl sites for hydroxylation is 1. The van der Waals surface area contributed by atoms with Crippen LogP contribution in [0.2, 0.25) is 0 Å². The molecule has 21 heavy (non-hydrogen) atoms. The Morgan fingerprint density at radius 2 is 1.48 bits per heavy atom. The van der Waals surface area contributed by atoms with Crippen molar-refractivity contribution in [1.29, 1.82) is 0 Å². The molecule has 0 unspecified atom stereocenters. The molecule has 0 bridgehead atoms. The lowest BCUT2D eigenvalue weighted by Crippen LogP contribution is -1.92. The second-order valence-corrected chi connectivity index (χ2v) is 4.70. The van der Waals surface area contributed by atoms with Crippen molar-refractivity contribution in [2.45, 2.75) is 20.3 Å². The summed E-state index contributed by atoms with van der Waals surface area (Å²) in [5.41, 5.74) is 3.37. The Kier molecular flexibility index (Phi) is 5.67. The number of benzene rings is 2. The highest BCUT2D eigenvalue weighted by Gasteiger charge is 1.93. The summed E-state index contributed by atoms with van der Waals surface area (Å²) in [6.07, 6.45) is 5.01. The van der Waals surface area contributed by atoms with Crippen LogP contribution >= 0.6 is 0 Å². The first kappa shape index (κ1) is 14.9. The molecule has 0 spiro atoms. The van der Waals surface area contributed by atoms with Crippen LogP contribution in [0.1, 0.15) is 30.5 Å². The second kappa shape index (κ2) is 7.97. The van der Waals surface area contributed by atoms with E-state index in [0.29, 0.717) is 6.61 Å². The Balaban J connectivity index is 2.01. The molecule has 2 aromatic rings. The average molecular weight is 276 g/mol. The summed E-state index contributed by atoms with van der Waals surface area (Å²) in [6.45, 7) is 4.74. The van der Waals surface area contributed by atoms with Crippen molar-refractivity contribution < 1.29 is 4.74 Å². The first-order chi connectivity index (χ1) is 10.3. The molecule has 1 nitrogen and oxygen atoms in total. The summed E-state index contributed by atoms with van der Waals surface area (Å²) in [4.78, 5) is 0. The van der Waals surface area contributed by atoms with Gasteiger partial charge >= 0.3 is 0 Å². The van der Waals surface area contributed by atoms with E-state index in [2.05, 4.69) is 43.0 Å². The number of ether oxygens (including phenoxy) is 1. The molecule has 0 atom stereocenters. The highest BCUT2D eigenvalue weighted by molar-refractivity contribution is 5.44. The Morgan fingerprint density at radius 3 is 2.00 bits per heavy atom. The van der Waals surface area contributed by atoms with E-state index in [1.54, 1.807) is 0 Å². The van der Waals surface area contributed by atoms with Gasteiger partial charge in [0.15, 0.2) is 0 Å². The SMILES string of the molecule is CC=CCOc1ccc(C#Cc2ccc(CC)cc2)cc1. The molecule has 0 fully saturated rings. The van der Waals surface area contributed by atoms with Crippen molar-refractivity contribution in [2.75, 3.05) is 6.61 Å². The van der Waals surface area contributed by atoms with Crippen molar-refractivity contribution in [3.8, 4) is 17.6 Å². The van der Waals surface area contributed by atoms with Gasteiger partial charge in [0.05, 0.1) is 0 Å². The van der Waals surface area contributed by atoms with Gasteiger partial charge in [-0.2, -0.15) is 0 Å². The lowest BCUT2D eigenvalue weighted by Gasteiger charge is -2.02. The van der Waals surface area contributed by atoms with Gasteiger partial charge in [-0.1, -0.05) is 43.0 Å². The third kappa shape index (κ3) is 4.85. The van der Waals surface area contributed by atoms with E-state index in [0.717, 1.165) is 23.3 Å². The molecule has 0 N–H and O–H groups in total. The Hall–Kier alpha value is -2.46. The van der Waals surface area contributed by atoms with E-state index in [1.807, 2.05) is 43.3 Å². The van der Waals surface area contributed by atoms with Crippen molar-refractivity contribution in [3.63, 3.8) is 0 Å². The van der Waals surface area contributed by atoms with Crippen LogP contribution in [0, 0.1) is 11.8 Å². The fourth-order valence-corrected chi connectivity index (χ4v) is 1.84. The average Bonchev–Trinajstić information content (AvgIpc) is 2.55. The third-order valence-corrected chi connectivity index (χ3v) is 3.15. The first-order valence-corrected chi connectivity index (χ1v) is 7.27. The largest absolute Gasteiger partial charge is 0.490 e. The zero-order valence-corrected chi connectivity index (χ0v) is 12.6. The molecule has 0 aliphatic rings. The Bertz CT molecular complexity index is 637. The number of hydrogen-bond donors (Lipinski definition) is 0. The van der Waals surface area contributed by atoms with E-state index in [1.165, 1.54) is 5.56 Å². The molecule has 2 aromatic carbocycles. The normalized spacial score (nSPS) is 10.2. The van der Waals surface area contributed by atoms with Crippen LogP contribution in [0.15, 0.2) is 60.7 Å². The van der Waals surface area contributed by atoms with E-state index in [-0.39, 0.29) is 0 Å². The van der Waals surface area contributed by atoms with Gasteiger partial charge in [-0.15, -0.1) is 0 Å². The fourth-order valence-electron chi connectivity index (χ4n) is 1.84. The molecular formula is C20H20O. The summed E-state index contributed by atoms with van der Waals surface area (Å²) in [5, 5.41) is 0. The standard InChI is InChI=1S/C20H20O/c1-3-5-16-21-20-14-12-19(13-15-20)11-10-18-8-6-17(4-2)7-9-18/h3,5-9,12-15H,4,16H2,1-2H3. The van der Waals surface area contributed by atoms with E-state index < -0.39 is 0 Å². The monoisotopic (exact) mass is 276 g/mol. The fraction of sp³-hybridized carbons (Fsp3) is 0.200. The smallest absolute Gasteiger partial charge is 0.119 e. The topological polar surface area (TPSA) is 9.23 Å². The van der Waals surface area contributed by atoms with Crippen LogP contribution in [0.3, 0.4) is 0 Å². The molecule has 0 amide bonds. The van der Waals surface area contributed by atoms with Crippen LogP contribution in [0.5, 0.6) is 5.75 Å². The van der Waals surface area contributed by atoms with Gasteiger partial charge in [-0.25, -0.2) is 0 Å². The molecule has 0 radical (unpaired) electrons. The molecule has 2 rings (SSSR count). The second-order valence-electron chi connectivity index (χ2n) is 4.70. The number of allylic oxidation sites excluding steroid dienone is 1. The predicted molar refractivity (Wildman–Crippen MR) is 88.6 cm³/mol. The Labute approximate surface area is 127 Å². The maximum Gasteiger partial charge on any atom is 0.119 e. The van der Waals surface area contributed by atoms with Crippen molar-refractivity contribution in [2.24, 2.45) is 0 Å². The van der Waals surface area contributed by atoms with Crippen LogP contribution in [0.25, 0.3) is 0 Å². The molecule has 0 saturated carbocycles. The van der Waals surface area contributed by atoms with Crippen LogP contribution < -0.4 is 4.74 Å². The molecule has 0 saturated heterocycles. The number of hydrogen-bond acceptors (Lipinski definition) is 1. The predicted octanol–water partition coefficient (Wildman–Crippen LogP) is 4.60. The van der Waals surface area contributed by atoms with Crippen LogP contribution in [0.4, 0.5) is 0 Å². The van der Waals surface area contributed by atoms with Crippen LogP contribution in [-0.2, 0) is 6.42 Å². The molecule has 0 aliphatic carbocycles. The molecule has 0 aromatic heterocycles. The van der Waals surface area contributed by atoms with Gasteiger partial charge in [0.25, 0.3) is 0 Å². The third-order valence-electron chi connectivity index (χ3n) is 3.15. The van der Waals surface area contributed by atoms with Crippen molar-refractivity contribution >= 4 is 0 Å². The van der Waals surface area contributed by atoms with Crippen LogP contribution in [-0.4, -0.2) is 6.61 Å². The molecule has 106 valence electrons. The van der Waals surface area contributed by atoms with Gasteiger partial charge in [-0.05, 0) is 55.3 Å². The lowest BCUT2D eigenvalue weighted by molar-refractivity contribution is 0.362. The van der Waals surface area contributed by atoms with E-state index in [4.69, 9.17) is 4.74 Å². The van der Waals surface area contributed by atoms with E-state index in [9.17, 15) is 0 Å². The summed E-state index contributed by atoms with van der Waals surface area (Å²) in [6, 6.07) is 16.3. The summed E-state index contributed by atoms with van der Waals surface area (Å²) < 4.78 is 5.55. The minimum Gasteiger partial charge on any atom is -0.490 e. The van der Waals surface area contributed by atoms with E-state index >= 15 is 0 Å². The summed E-state index contributed by atoms with van der Waals surface area (Å²) >= 11 is 0. The van der Waals surface area contributed by atoms with Gasteiger partial charge in [0.1, 0.15) is 12.4 Å². The molecule has 1 heteroatoms. The summed E-state index contributed by atoms with van der Waals surface area (Å²) in [5.74, 6) is 7.22. The zero-order valence-electron chi connectivity index (χ0n) is 12.6. The van der Waals surface area contributed by atoms with Gasteiger partial charge < -0.3 is 4.74 Å². The zero-order chi connectivity index (χ0) is 14.9. The minimum absolute atomic E-state index is 0.602. The van der Waals surface area contributed by atoms with Gasteiger partial charge in [0.2, 0.25) is 0 Å².